The van der Waals surface area contributed by atoms with E-state index in [-0.39, 0.29) is 12.5 Å². The molecule has 2 heterocycles. The minimum absolute atomic E-state index is 0.0753. The van der Waals surface area contributed by atoms with Crippen LogP contribution in [0.25, 0.3) is 11.0 Å². The van der Waals surface area contributed by atoms with Crippen molar-refractivity contribution in [2.45, 2.75) is 6.10 Å². The summed E-state index contributed by atoms with van der Waals surface area (Å²) in [7, 11) is 0. The molecule has 0 bridgehead atoms. The van der Waals surface area contributed by atoms with Gasteiger partial charge in [-0.1, -0.05) is 18.2 Å². The van der Waals surface area contributed by atoms with E-state index in [2.05, 4.69) is 5.32 Å². The van der Waals surface area contributed by atoms with Crippen molar-refractivity contribution in [3.05, 3.63) is 60.2 Å². The number of hydrogen-bond donors (Lipinski definition) is 2. The minimum Gasteiger partial charge on any atom is -0.467 e. The summed E-state index contributed by atoms with van der Waals surface area (Å²) >= 11 is 0. The highest BCUT2D eigenvalue weighted by Crippen LogP contribution is 2.20. The number of fused-ring (bicyclic) bond motifs is 1. The molecule has 0 fully saturated rings. The predicted octanol–water partition coefficient (Wildman–Crippen LogP) is 2.49. The Morgan fingerprint density at radius 2 is 2.05 bits per heavy atom. The Kier molecular flexibility index (Phi) is 3.26. The molecule has 0 aliphatic carbocycles. The minimum atomic E-state index is -0.868. The lowest BCUT2D eigenvalue weighted by molar-refractivity contribution is 0.0902. The molecule has 0 radical (unpaired) electrons. The van der Waals surface area contributed by atoms with E-state index in [9.17, 15) is 9.90 Å². The Morgan fingerprint density at radius 3 is 2.85 bits per heavy atom. The van der Waals surface area contributed by atoms with Crippen LogP contribution in [0.2, 0.25) is 0 Å². The van der Waals surface area contributed by atoms with Crippen molar-refractivity contribution in [2.75, 3.05) is 6.54 Å². The van der Waals surface area contributed by atoms with Gasteiger partial charge in [0.25, 0.3) is 5.91 Å². The van der Waals surface area contributed by atoms with Gasteiger partial charge in [-0.05, 0) is 18.2 Å². The second kappa shape index (κ2) is 5.22. The molecule has 2 aromatic heterocycles. The summed E-state index contributed by atoms with van der Waals surface area (Å²) in [6, 6.07) is 10.6. The zero-order chi connectivity index (χ0) is 13.9. The SMILES string of the molecule is O=C(NCC(O)c1ccco1)c1coc2ccccc12. The molecule has 2 N–H and O–H groups in total. The highest BCUT2D eigenvalue weighted by Gasteiger charge is 2.16. The Balaban J connectivity index is 1.70. The predicted molar refractivity (Wildman–Crippen MR) is 72.2 cm³/mol. The van der Waals surface area contributed by atoms with E-state index < -0.39 is 6.10 Å². The average molecular weight is 271 g/mol. The van der Waals surface area contributed by atoms with Crippen LogP contribution < -0.4 is 5.32 Å². The van der Waals surface area contributed by atoms with Crippen LogP contribution >= 0.6 is 0 Å². The average Bonchev–Trinajstić information content (AvgIpc) is 3.13. The molecule has 0 saturated heterocycles. The van der Waals surface area contributed by atoms with E-state index in [1.165, 1.54) is 12.5 Å². The molecular weight excluding hydrogens is 258 g/mol. The Labute approximate surface area is 114 Å². The molecule has 1 aromatic carbocycles. The summed E-state index contributed by atoms with van der Waals surface area (Å²) in [5.74, 6) is 0.128. The largest absolute Gasteiger partial charge is 0.467 e. The van der Waals surface area contributed by atoms with Crippen molar-refractivity contribution < 1.29 is 18.7 Å². The van der Waals surface area contributed by atoms with Gasteiger partial charge in [0.2, 0.25) is 0 Å². The quantitative estimate of drug-likeness (QED) is 0.764. The number of benzene rings is 1. The fourth-order valence-corrected chi connectivity index (χ4v) is 2.02. The molecule has 3 aromatic rings. The Hall–Kier alpha value is -2.53. The first-order valence-corrected chi connectivity index (χ1v) is 6.21. The number of para-hydroxylation sites is 1. The highest BCUT2D eigenvalue weighted by atomic mass is 16.4. The van der Waals surface area contributed by atoms with Gasteiger partial charge in [-0.3, -0.25) is 4.79 Å². The molecule has 1 amide bonds. The Bertz CT molecular complexity index is 714. The maximum absolute atomic E-state index is 12.1. The second-order valence-electron chi connectivity index (χ2n) is 4.39. The lowest BCUT2D eigenvalue weighted by Crippen LogP contribution is -2.28. The van der Waals surface area contributed by atoms with Crippen LogP contribution in [-0.2, 0) is 0 Å². The van der Waals surface area contributed by atoms with Crippen LogP contribution in [-0.4, -0.2) is 17.6 Å². The summed E-state index contributed by atoms with van der Waals surface area (Å²) in [6.07, 6.45) is 2.02. The first-order chi connectivity index (χ1) is 9.75. The normalized spacial score (nSPS) is 12.4. The van der Waals surface area contributed by atoms with Gasteiger partial charge in [-0.25, -0.2) is 0 Å². The molecule has 1 unspecified atom stereocenters. The van der Waals surface area contributed by atoms with E-state index in [1.54, 1.807) is 18.2 Å². The van der Waals surface area contributed by atoms with E-state index in [4.69, 9.17) is 8.83 Å². The molecule has 5 heteroatoms. The molecule has 5 nitrogen and oxygen atoms in total. The third-order valence-corrected chi connectivity index (χ3v) is 3.05. The van der Waals surface area contributed by atoms with Gasteiger partial charge in [0.1, 0.15) is 23.7 Å². The zero-order valence-corrected chi connectivity index (χ0v) is 10.6. The number of rotatable bonds is 4. The first kappa shape index (κ1) is 12.5. The summed E-state index contributed by atoms with van der Waals surface area (Å²) in [5.41, 5.74) is 1.11. The van der Waals surface area contributed by atoms with E-state index >= 15 is 0 Å². The number of aliphatic hydroxyl groups is 1. The van der Waals surface area contributed by atoms with Crippen LogP contribution in [0.15, 0.2) is 57.8 Å². The van der Waals surface area contributed by atoms with E-state index in [1.807, 2.05) is 18.2 Å². The van der Waals surface area contributed by atoms with Crippen LogP contribution in [0, 0.1) is 0 Å². The summed E-state index contributed by atoms with van der Waals surface area (Å²) in [5, 5.41) is 13.2. The molecule has 0 aliphatic heterocycles. The molecule has 3 rings (SSSR count). The third kappa shape index (κ3) is 2.31. The second-order valence-corrected chi connectivity index (χ2v) is 4.39. The van der Waals surface area contributed by atoms with E-state index in [0.717, 1.165) is 5.39 Å². The van der Waals surface area contributed by atoms with Gasteiger partial charge in [0.05, 0.1) is 18.4 Å². The maximum atomic E-state index is 12.1. The lowest BCUT2D eigenvalue weighted by Gasteiger charge is -2.08. The van der Waals surface area contributed by atoms with Crippen molar-refractivity contribution in [3.8, 4) is 0 Å². The van der Waals surface area contributed by atoms with Gasteiger partial charge >= 0.3 is 0 Å². The first-order valence-electron chi connectivity index (χ1n) is 6.21. The topological polar surface area (TPSA) is 75.6 Å². The molecule has 20 heavy (non-hydrogen) atoms. The number of carbonyl (C=O) groups excluding carboxylic acids is 1. The van der Waals surface area contributed by atoms with Gasteiger partial charge in [0, 0.05) is 5.39 Å². The van der Waals surface area contributed by atoms with Gasteiger partial charge in [-0.2, -0.15) is 0 Å². The summed E-state index contributed by atoms with van der Waals surface area (Å²) < 4.78 is 10.4. The molecule has 0 aliphatic rings. The van der Waals surface area contributed by atoms with Crippen molar-refractivity contribution >= 4 is 16.9 Å². The smallest absolute Gasteiger partial charge is 0.255 e. The maximum Gasteiger partial charge on any atom is 0.255 e. The van der Waals surface area contributed by atoms with Crippen molar-refractivity contribution in [1.82, 2.24) is 5.32 Å². The third-order valence-electron chi connectivity index (χ3n) is 3.05. The number of hydrogen-bond acceptors (Lipinski definition) is 4. The van der Waals surface area contributed by atoms with Gasteiger partial charge in [-0.15, -0.1) is 0 Å². The van der Waals surface area contributed by atoms with Crippen LogP contribution in [0.3, 0.4) is 0 Å². The van der Waals surface area contributed by atoms with Gasteiger partial charge < -0.3 is 19.3 Å². The summed E-state index contributed by atoms with van der Waals surface area (Å²) in [4.78, 5) is 12.1. The number of aliphatic hydroxyl groups excluding tert-OH is 1. The summed E-state index contributed by atoms with van der Waals surface area (Å²) in [6.45, 7) is 0.0753. The lowest BCUT2D eigenvalue weighted by atomic mass is 10.1. The monoisotopic (exact) mass is 271 g/mol. The fraction of sp³-hybridized carbons (Fsp3) is 0.133. The van der Waals surface area contributed by atoms with Crippen LogP contribution in [0.4, 0.5) is 0 Å². The molecule has 102 valence electrons. The van der Waals surface area contributed by atoms with Crippen molar-refractivity contribution in [3.63, 3.8) is 0 Å². The number of carbonyl (C=O) groups is 1. The number of amides is 1. The van der Waals surface area contributed by atoms with Crippen molar-refractivity contribution in [2.24, 2.45) is 0 Å². The number of furan rings is 2. The fourth-order valence-electron chi connectivity index (χ4n) is 2.02. The van der Waals surface area contributed by atoms with Crippen LogP contribution in [0.1, 0.15) is 22.2 Å². The molecular formula is C15H13NO4. The van der Waals surface area contributed by atoms with Gasteiger partial charge in [0.15, 0.2) is 0 Å². The van der Waals surface area contributed by atoms with E-state index in [0.29, 0.717) is 16.9 Å². The highest BCUT2D eigenvalue weighted by molar-refractivity contribution is 6.05. The molecule has 0 spiro atoms. The Morgan fingerprint density at radius 1 is 1.20 bits per heavy atom. The standard InChI is InChI=1S/C15H13NO4/c17-12(14-6-3-7-19-14)8-16-15(18)11-9-20-13-5-2-1-4-10(11)13/h1-7,9,12,17H,8H2,(H,16,18). The molecule has 0 saturated carbocycles. The zero-order valence-electron chi connectivity index (χ0n) is 10.6. The van der Waals surface area contributed by atoms with Crippen LogP contribution in [0.5, 0.6) is 0 Å². The number of nitrogens with one attached hydrogen (secondary N) is 1. The van der Waals surface area contributed by atoms with Crippen molar-refractivity contribution in [1.29, 1.82) is 0 Å². The molecule has 1 atom stereocenters.